The molecular weight excluding hydrogens is 208 g/mol. The predicted octanol–water partition coefficient (Wildman–Crippen LogP) is 0.260. The van der Waals surface area contributed by atoms with Crippen LogP contribution in [0.2, 0.25) is 0 Å². The zero-order chi connectivity index (χ0) is 12.3. The van der Waals surface area contributed by atoms with Gasteiger partial charge in [0.1, 0.15) is 0 Å². The molecule has 16 heavy (non-hydrogen) atoms. The smallest absolute Gasteiger partial charge is 0.303 e. The molecule has 0 saturated carbocycles. The van der Waals surface area contributed by atoms with Crippen molar-refractivity contribution < 1.29 is 14.7 Å². The maximum absolute atomic E-state index is 12.0. The molecule has 1 amide bonds. The lowest BCUT2D eigenvalue weighted by molar-refractivity contribution is -0.138. The molecule has 0 aromatic carbocycles. The van der Waals surface area contributed by atoms with Crippen molar-refractivity contribution in [3.63, 3.8) is 0 Å². The number of likely N-dealkylation sites (N-methyl/N-ethyl adjacent to an activating group) is 2. The molecule has 0 bridgehead atoms. The van der Waals surface area contributed by atoms with E-state index in [4.69, 9.17) is 5.11 Å². The van der Waals surface area contributed by atoms with E-state index in [1.165, 1.54) is 0 Å². The first kappa shape index (κ1) is 13.0. The normalized spacial score (nSPS) is 27.9. The van der Waals surface area contributed by atoms with Gasteiger partial charge >= 0.3 is 5.97 Å². The quantitative estimate of drug-likeness (QED) is 0.752. The van der Waals surface area contributed by atoms with Gasteiger partial charge in [-0.2, -0.15) is 0 Å². The second kappa shape index (κ2) is 5.30. The van der Waals surface area contributed by atoms with Crippen LogP contribution in [-0.4, -0.2) is 60.0 Å². The Bertz CT molecular complexity index is 280. The monoisotopic (exact) mass is 228 g/mol. The lowest BCUT2D eigenvalue weighted by Gasteiger charge is -2.25. The van der Waals surface area contributed by atoms with Gasteiger partial charge in [-0.1, -0.05) is 6.92 Å². The molecule has 2 unspecified atom stereocenters. The molecule has 1 heterocycles. The van der Waals surface area contributed by atoms with Crippen LogP contribution < -0.4 is 0 Å². The zero-order valence-corrected chi connectivity index (χ0v) is 10.1. The standard InChI is InChI=1S/C11H20N2O3/c1-8-6-12(2)9(4-5-10(14)15)11(16)13(3)7-8/h8-9H,4-7H2,1-3H3,(H,14,15). The summed E-state index contributed by atoms with van der Waals surface area (Å²) in [5.41, 5.74) is 0. The molecule has 2 atom stereocenters. The number of nitrogens with zero attached hydrogens (tertiary/aromatic N) is 2. The molecular formula is C11H20N2O3. The van der Waals surface area contributed by atoms with Gasteiger partial charge in [0.05, 0.1) is 6.04 Å². The van der Waals surface area contributed by atoms with Crippen molar-refractivity contribution in [2.75, 3.05) is 27.2 Å². The van der Waals surface area contributed by atoms with E-state index in [0.29, 0.717) is 12.3 Å². The second-order valence-electron chi connectivity index (χ2n) is 4.71. The Morgan fingerprint density at radius 1 is 1.44 bits per heavy atom. The Kier molecular flexibility index (Phi) is 4.29. The van der Waals surface area contributed by atoms with Gasteiger partial charge in [0, 0.05) is 26.6 Å². The van der Waals surface area contributed by atoms with Gasteiger partial charge in [0.25, 0.3) is 0 Å². The van der Waals surface area contributed by atoms with Crippen LogP contribution in [0.5, 0.6) is 0 Å². The lowest BCUT2D eigenvalue weighted by Crippen LogP contribution is -2.43. The van der Waals surface area contributed by atoms with Gasteiger partial charge < -0.3 is 10.0 Å². The molecule has 0 aliphatic carbocycles. The highest BCUT2D eigenvalue weighted by Gasteiger charge is 2.31. The largest absolute Gasteiger partial charge is 0.481 e. The van der Waals surface area contributed by atoms with E-state index < -0.39 is 5.97 Å². The third-order valence-corrected chi connectivity index (χ3v) is 3.01. The SMILES string of the molecule is CC1CN(C)C(=O)C(CCC(=O)O)N(C)C1. The Morgan fingerprint density at radius 3 is 2.62 bits per heavy atom. The fourth-order valence-corrected chi connectivity index (χ4v) is 2.28. The molecule has 1 fully saturated rings. The summed E-state index contributed by atoms with van der Waals surface area (Å²) in [5, 5.41) is 8.66. The average molecular weight is 228 g/mol. The van der Waals surface area contributed by atoms with Gasteiger partial charge in [-0.15, -0.1) is 0 Å². The number of carbonyl (C=O) groups is 2. The molecule has 5 nitrogen and oxygen atoms in total. The van der Waals surface area contributed by atoms with Crippen molar-refractivity contribution >= 4 is 11.9 Å². The number of carboxylic acids is 1. The minimum absolute atomic E-state index is 0.0353. The first-order valence-corrected chi connectivity index (χ1v) is 5.58. The fourth-order valence-electron chi connectivity index (χ4n) is 2.28. The van der Waals surface area contributed by atoms with Gasteiger partial charge in [-0.3, -0.25) is 14.5 Å². The van der Waals surface area contributed by atoms with E-state index in [1.54, 1.807) is 11.9 Å². The minimum atomic E-state index is -0.846. The summed E-state index contributed by atoms with van der Waals surface area (Å²) >= 11 is 0. The highest BCUT2D eigenvalue weighted by atomic mass is 16.4. The Morgan fingerprint density at radius 2 is 2.06 bits per heavy atom. The van der Waals surface area contributed by atoms with Crippen molar-refractivity contribution in [3.8, 4) is 0 Å². The summed E-state index contributed by atoms with van der Waals surface area (Å²) in [6.07, 6.45) is 0.435. The maximum atomic E-state index is 12.0. The molecule has 5 heteroatoms. The summed E-state index contributed by atoms with van der Waals surface area (Å²) in [4.78, 5) is 26.2. The van der Waals surface area contributed by atoms with Crippen molar-refractivity contribution in [1.29, 1.82) is 0 Å². The topological polar surface area (TPSA) is 60.9 Å². The van der Waals surface area contributed by atoms with Crippen molar-refractivity contribution in [3.05, 3.63) is 0 Å². The molecule has 0 aromatic heterocycles. The van der Waals surface area contributed by atoms with Crippen molar-refractivity contribution in [2.24, 2.45) is 5.92 Å². The summed E-state index contributed by atoms with van der Waals surface area (Å²) in [6, 6.07) is -0.286. The number of carbonyl (C=O) groups excluding carboxylic acids is 1. The number of hydrogen-bond acceptors (Lipinski definition) is 3. The lowest BCUT2D eigenvalue weighted by atomic mass is 10.1. The zero-order valence-electron chi connectivity index (χ0n) is 10.1. The number of rotatable bonds is 3. The van der Waals surface area contributed by atoms with Gasteiger partial charge in [0.2, 0.25) is 5.91 Å². The van der Waals surface area contributed by atoms with E-state index in [9.17, 15) is 9.59 Å². The molecule has 0 radical (unpaired) electrons. The van der Waals surface area contributed by atoms with Gasteiger partial charge in [0.15, 0.2) is 0 Å². The number of hydrogen-bond donors (Lipinski definition) is 1. The van der Waals surface area contributed by atoms with E-state index >= 15 is 0 Å². The second-order valence-corrected chi connectivity index (χ2v) is 4.71. The minimum Gasteiger partial charge on any atom is -0.481 e. The Labute approximate surface area is 96.0 Å². The fraction of sp³-hybridized carbons (Fsp3) is 0.818. The summed E-state index contributed by atoms with van der Waals surface area (Å²) < 4.78 is 0. The predicted molar refractivity (Wildman–Crippen MR) is 60.1 cm³/mol. The number of carboxylic acid groups (broad SMARTS) is 1. The molecule has 0 spiro atoms. The van der Waals surface area contributed by atoms with Crippen LogP contribution in [0.25, 0.3) is 0 Å². The first-order valence-electron chi connectivity index (χ1n) is 5.58. The van der Waals surface area contributed by atoms with Crippen LogP contribution in [0, 0.1) is 5.92 Å². The van der Waals surface area contributed by atoms with Crippen LogP contribution in [0.3, 0.4) is 0 Å². The number of aliphatic carboxylic acids is 1. The molecule has 1 N–H and O–H groups in total. The van der Waals surface area contributed by atoms with Crippen LogP contribution in [0.15, 0.2) is 0 Å². The third-order valence-electron chi connectivity index (χ3n) is 3.01. The molecule has 0 aromatic rings. The molecule has 1 aliphatic rings. The molecule has 92 valence electrons. The maximum Gasteiger partial charge on any atom is 0.303 e. The van der Waals surface area contributed by atoms with Crippen LogP contribution in [-0.2, 0) is 9.59 Å². The van der Waals surface area contributed by atoms with Crippen molar-refractivity contribution in [2.45, 2.75) is 25.8 Å². The third kappa shape index (κ3) is 3.20. The van der Waals surface area contributed by atoms with Crippen molar-refractivity contribution in [1.82, 2.24) is 9.80 Å². The Hall–Kier alpha value is -1.10. The highest BCUT2D eigenvalue weighted by molar-refractivity contribution is 5.82. The van der Waals surface area contributed by atoms with E-state index in [2.05, 4.69) is 6.92 Å². The average Bonchev–Trinajstić information content (AvgIpc) is 2.23. The highest BCUT2D eigenvalue weighted by Crippen LogP contribution is 2.16. The van der Waals surface area contributed by atoms with E-state index in [1.807, 2.05) is 11.9 Å². The molecule has 1 saturated heterocycles. The van der Waals surface area contributed by atoms with Crippen LogP contribution >= 0.6 is 0 Å². The van der Waals surface area contributed by atoms with Crippen LogP contribution in [0.1, 0.15) is 19.8 Å². The van der Waals surface area contributed by atoms with E-state index in [-0.39, 0.29) is 18.4 Å². The Balaban J connectivity index is 2.70. The summed E-state index contributed by atoms with van der Waals surface area (Å²) in [6.45, 7) is 3.67. The first-order chi connectivity index (χ1) is 7.41. The van der Waals surface area contributed by atoms with Gasteiger partial charge in [-0.05, 0) is 19.4 Å². The van der Waals surface area contributed by atoms with Gasteiger partial charge in [-0.25, -0.2) is 0 Å². The van der Waals surface area contributed by atoms with Crippen LogP contribution in [0.4, 0.5) is 0 Å². The summed E-state index contributed by atoms with van der Waals surface area (Å²) in [5.74, 6) is -0.386. The van der Waals surface area contributed by atoms with E-state index in [0.717, 1.165) is 13.1 Å². The molecule has 1 rings (SSSR count). The number of amides is 1. The molecule has 1 aliphatic heterocycles. The summed E-state index contributed by atoms with van der Waals surface area (Å²) in [7, 11) is 3.67.